The molecule has 3 N–H and O–H groups in total. The van der Waals surface area contributed by atoms with Crippen molar-refractivity contribution in [3.63, 3.8) is 0 Å². The standard InChI is InChI=1S/C25H25N3O5/c1-14-4-3-5-15(2)21(14)22(29)27-20(25(32)33)12-16-6-8-17(9-7-16)28-23(30)18-10-11-26-13-19(18)24(28)31/h3-9,13,18,20,26H,10-12H2,1-2H3,(H,27,29)(H,32,33)/t18-,20-/m0/s1. The lowest BCUT2D eigenvalue weighted by atomic mass is 9.97. The Labute approximate surface area is 191 Å². The summed E-state index contributed by atoms with van der Waals surface area (Å²) >= 11 is 0. The molecule has 2 aromatic carbocycles. The second-order valence-corrected chi connectivity index (χ2v) is 8.38. The molecule has 3 amide bonds. The largest absolute Gasteiger partial charge is 0.480 e. The van der Waals surface area contributed by atoms with Crippen LogP contribution < -0.4 is 15.5 Å². The van der Waals surface area contributed by atoms with Crippen LogP contribution in [0.3, 0.4) is 0 Å². The Hall–Kier alpha value is -3.94. The number of benzene rings is 2. The van der Waals surface area contributed by atoms with Crippen molar-refractivity contribution in [1.82, 2.24) is 10.6 Å². The number of carboxylic acids is 1. The van der Waals surface area contributed by atoms with Crippen LogP contribution in [0.15, 0.2) is 54.2 Å². The van der Waals surface area contributed by atoms with E-state index in [1.54, 1.807) is 56.4 Å². The molecule has 4 rings (SSSR count). The van der Waals surface area contributed by atoms with Crippen LogP contribution in [-0.2, 0) is 20.8 Å². The molecule has 0 aromatic heterocycles. The highest BCUT2D eigenvalue weighted by Crippen LogP contribution is 2.33. The quantitative estimate of drug-likeness (QED) is 0.584. The summed E-state index contributed by atoms with van der Waals surface area (Å²) in [6, 6.07) is 10.9. The molecule has 2 aliphatic heterocycles. The van der Waals surface area contributed by atoms with Crippen molar-refractivity contribution < 1.29 is 24.3 Å². The van der Waals surface area contributed by atoms with E-state index in [-0.39, 0.29) is 18.2 Å². The summed E-state index contributed by atoms with van der Waals surface area (Å²) in [6.07, 6.45) is 2.25. The highest BCUT2D eigenvalue weighted by Gasteiger charge is 2.44. The maximum atomic E-state index is 12.7. The second-order valence-electron chi connectivity index (χ2n) is 8.38. The molecule has 2 heterocycles. The molecule has 0 unspecified atom stereocenters. The van der Waals surface area contributed by atoms with Gasteiger partial charge >= 0.3 is 5.97 Å². The van der Waals surface area contributed by atoms with Crippen molar-refractivity contribution >= 4 is 29.4 Å². The number of amides is 3. The fourth-order valence-electron chi connectivity index (χ4n) is 4.38. The molecule has 0 bridgehead atoms. The maximum Gasteiger partial charge on any atom is 0.326 e. The molecule has 8 heteroatoms. The third kappa shape index (κ3) is 4.24. The zero-order valence-corrected chi connectivity index (χ0v) is 18.4. The molecule has 2 atom stereocenters. The molecule has 0 radical (unpaired) electrons. The van der Waals surface area contributed by atoms with Crippen molar-refractivity contribution in [3.8, 4) is 0 Å². The molecule has 170 valence electrons. The normalized spacial score (nSPS) is 18.3. The van der Waals surface area contributed by atoms with E-state index in [1.807, 2.05) is 6.07 Å². The van der Waals surface area contributed by atoms with Crippen LogP contribution in [0.5, 0.6) is 0 Å². The Balaban J connectivity index is 1.49. The van der Waals surface area contributed by atoms with Crippen LogP contribution in [0.1, 0.15) is 33.5 Å². The minimum Gasteiger partial charge on any atom is -0.480 e. The topological polar surface area (TPSA) is 116 Å². The molecule has 0 saturated carbocycles. The third-order valence-electron chi connectivity index (χ3n) is 6.12. The fourth-order valence-corrected chi connectivity index (χ4v) is 4.38. The highest BCUT2D eigenvalue weighted by atomic mass is 16.4. The monoisotopic (exact) mass is 447 g/mol. The Bertz CT molecular complexity index is 1150. The molecule has 1 saturated heterocycles. The average molecular weight is 447 g/mol. The van der Waals surface area contributed by atoms with Gasteiger partial charge in [-0.2, -0.15) is 0 Å². The summed E-state index contributed by atoms with van der Waals surface area (Å²) < 4.78 is 0. The first kappa shape index (κ1) is 22.3. The van der Waals surface area contributed by atoms with E-state index < -0.39 is 23.8 Å². The molecular formula is C25H25N3O5. The number of anilines is 1. The number of aryl methyl sites for hydroxylation is 2. The lowest BCUT2D eigenvalue weighted by molar-refractivity contribution is -0.139. The third-order valence-corrected chi connectivity index (χ3v) is 6.12. The number of fused-ring (bicyclic) bond motifs is 1. The highest BCUT2D eigenvalue weighted by molar-refractivity contribution is 6.29. The minimum atomic E-state index is -1.15. The zero-order chi connectivity index (χ0) is 23.7. The number of nitrogens with one attached hydrogen (secondary N) is 2. The smallest absolute Gasteiger partial charge is 0.326 e. The summed E-state index contributed by atoms with van der Waals surface area (Å²) in [5, 5.41) is 15.3. The van der Waals surface area contributed by atoms with E-state index >= 15 is 0 Å². The SMILES string of the molecule is Cc1cccc(C)c1C(=O)N[C@@H](Cc1ccc(N2C(=O)C3=CNCC[C@@H]3C2=O)cc1)C(=O)O. The molecule has 1 fully saturated rings. The zero-order valence-electron chi connectivity index (χ0n) is 18.4. The van der Waals surface area contributed by atoms with Gasteiger partial charge < -0.3 is 15.7 Å². The Morgan fingerprint density at radius 3 is 2.39 bits per heavy atom. The average Bonchev–Trinajstić information content (AvgIpc) is 3.04. The number of hydrogen-bond donors (Lipinski definition) is 3. The van der Waals surface area contributed by atoms with Crippen molar-refractivity contribution in [1.29, 1.82) is 0 Å². The van der Waals surface area contributed by atoms with Crippen molar-refractivity contribution in [2.75, 3.05) is 11.4 Å². The predicted molar refractivity (Wildman–Crippen MR) is 122 cm³/mol. The predicted octanol–water partition coefficient (Wildman–Crippen LogP) is 2.10. The van der Waals surface area contributed by atoms with E-state index in [0.29, 0.717) is 35.4 Å². The lowest BCUT2D eigenvalue weighted by Gasteiger charge is -2.18. The summed E-state index contributed by atoms with van der Waals surface area (Å²) in [7, 11) is 0. The summed E-state index contributed by atoms with van der Waals surface area (Å²) in [5.74, 6) is -2.59. The number of carbonyl (C=O) groups is 4. The number of carbonyl (C=O) groups excluding carboxylic acids is 3. The van der Waals surface area contributed by atoms with Gasteiger partial charge in [-0.3, -0.25) is 14.4 Å². The number of imide groups is 1. The maximum absolute atomic E-state index is 12.7. The minimum absolute atomic E-state index is 0.0614. The van der Waals surface area contributed by atoms with Gasteiger partial charge in [0.25, 0.3) is 11.8 Å². The van der Waals surface area contributed by atoms with Crippen LogP contribution in [0.25, 0.3) is 0 Å². The fraction of sp³-hybridized carbons (Fsp3) is 0.280. The van der Waals surface area contributed by atoms with Gasteiger partial charge in [0.15, 0.2) is 0 Å². The Morgan fingerprint density at radius 1 is 1.12 bits per heavy atom. The van der Waals surface area contributed by atoms with Gasteiger partial charge in [-0.25, -0.2) is 9.69 Å². The van der Waals surface area contributed by atoms with E-state index in [9.17, 15) is 24.3 Å². The van der Waals surface area contributed by atoms with Gasteiger partial charge in [-0.15, -0.1) is 0 Å². The second kappa shape index (κ2) is 8.90. The molecule has 0 spiro atoms. The van der Waals surface area contributed by atoms with E-state index in [4.69, 9.17) is 0 Å². The van der Waals surface area contributed by atoms with Gasteiger partial charge in [0, 0.05) is 30.3 Å². The lowest BCUT2D eigenvalue weighted by Crippen LogP contribution is -2.42. The molecule has 33 heavy (non-hydrogen) atoms. The van der Waals surface area contributed by atoms with Gasteiger partial charge in [-0.1, -0.05) is 30.3 Å². The Kier molecular flexibility index (Phi) is 6.00. The van der Waals surface area contributed by atoms with Crippen LogP contribution in [0.2, 0.25) is 0 Å². The van der Waals surface area contributed by atoms with Gasteiger partial charge in [0.1, 0.15) is 6.04 Å². The Morgan fingerprint density at radius 2 is 1.79 bits per heavy atom. The van der Waals surface area contributed by atoms with Crippen molar-refractivity contribution in [2.24, 2.45) is 5.92 Å². The van der Waals surface area contributed by atoms with Crippen molar-refractivity contribution in [3.05, 3.63) is 76.5 Å². The van der Waals surface area contributed by atoms with E-state index in [0.717, 1.165) is 11.1 Å². The first-order chi connectivity index (χ1) is 15.8. The molecule has 2 aliphatic rings. The van der Waals surface area contributed by atoms with Crippen LogP contribution in [-0.4, -0.2) is 41.4 Å². The number of nitrogens with zero attached hydrogens (tertiary/aromatic N) is 1. The summed E-state index contributed by atoms with van der Waals surface area (Å²) in [4.78, 5) is 51.2. The summed E-state index contributed by atoms with van der Waals surface area (Å²) in [6.45, 7) is 4.25. The molecule has 0 aliphatic carbocycles. The van der Waals surface area contributed by atoms with E-state index in [2.05, 4.69) is 10.6 Å². The first-order valence-corrected chi connectivity index (χ1v) is 10.8. The van der Waals surface area contributed by atoms with Crippen LogP contribution >= 0.6 is 0 Å². The van der Waals surface area contributed by atoms with Gasteiger partial charge in [-0.05, 0) is 49.1 Å². The number of carboxylic acid groups (broad SMARTS) is 1. The van der Waals surface area contributed by atoms with Crippen molar-refractivity contribution in [2.45, 2.75) is 32.7 Å². The number of aliphatic carboxylic acids is 1. The number of hydrogen-bond acceptors (Lipinski definition) is 5. The van der Waals surface area contributed by atoms with Crippen LogP contribution in [0.4, 0.5) is 5.69 Å². The summed E-state index contributed by atoms with van der Waals surface area (Å²) in [5.41, 5.74) is 3.57. The van der Waals surface area contributed by atoms with Gasteiger partial charge in [0.2, 0.25) is 5.91 Å². The van der Waals surface area contributed by atoms with E-state index in [1.165, 1.54) is 4.90 Å². The molecular weight excluding hydrogens is 422 g/mol. The molecule has 2 aromatic rings. The first-order valence-electron chi connectivity index (χ1n) is 10.8. The van der Waals surface area contributed by atoms with Crippen LogP contribution in [0, 0.1) is 19.8 Å². The number of rotatable bonds is 6. The van der Waals surface area contributed by atoms with Gasteiger partial charge in [0.05, 0.1) is 11.6 Å². The molecule has 8 nitrogen and oxygen atoms in total.